The summed E-state index contributed by atoms with van der Waals surface area (Å²) in [4.78, 5) is 30.9. The van der Waals surface area contributed by atoms with Crippen molar-refractivity contribution in [3.05, 3.63) is 47.9 Å². The SMILES string of the molecule is Cc1cc(SP)ccc1C(=O)N1CCN(c2ncnc3[nH]ccc23)CC12CC2. The van der Waals surface area contributed by atoms with Gasteiger partial charge in [0, 0.05) is 36.3 Å². The molecule has 0 radical (unpaired) electrons. The second-order valence-corrected chi connectivity index (χ2v) is 9.05. The summed E-state index contributed by atoms with van der Waals surface area (Å²) in [5, 5.41) is 1.04. The summed E-state index contributed by atoms with van der Waals surface area (Å²) in [6.07, 6.45) is 5.61. The quantitative estimate of drug-likeness (QED) is 0.667. The van der Waals surface area contributed by atoms with Gasteiger partial charge in [-0.1, -0.05) is 8.44 Å². The van der Waals surface area contributed by atoms with E-state index in [1.807, 2.05) is 31.3 Å². The normalized spacial score (nSPS) is 18.1. The Labute approximate surface area is 170 Å². The van der Waals surface area contributed by atoms with E-state index >= 15 is 0 Å². The highest BCUT2D eigenvalue weighted by Gasteiger charge is 2.53. The van der Waals surface area contributed by atoms with Gasteiger partial charge in [0.25, 0.3) is 5.91 Å². The molecular weight excluding hydrogens is 389 g/mol. The number of H-pyrrole nitrogens is 1. The van der Waals surface area contributed by atoms with Crippen molar-refractivity contribution in [1.82, 2.24) is 19.9 Å². The van der Waals surface area contributed by atoms with Crippen LogP contribution in [-0.2, 0) is 0 Å². The Morgan fingerprint density at radius 1 is 1.25 bits per heavy atom. The molecule has 1 saturated heterocycles. The molecule has 3 heterocycles. The van der Waals surface area contributed by atoms with Crippen LogP contribution in [0.5, 0.6) is 0 Å². The van der Waals surface area contributed by atoms with E-state index in [9.17, 15) is 4.79 Å². The molecule has 2 aromatic heterocycles. The summed E-state index contributed by atoms with van der Waals surface area (Å²) in [6, 6.07) is 8.11. The largest absolute Gasteiger partial charge is 0.352 e. The average molecular weight is 411 g/mol. The number of piperazine rings is 1. The van der Waals surface area contributed by atoms with Crippen molar-refractivity contribution in [2.45, 2.75) is 30.2 Å². The molecule has 28 heavy (non-hydrogen) atoms. The first-order chi connectivity index (χ1) is 13.6. The van der Waals surface area contributed by atoms with Crippen molar-refractivity contribution >= 4 is 42.6 Å². The molecular formula is C20H22N5OPS. The van der Waals surface area contributed by atoms with Crippen LogP contribution in [0.1, 0.15) is 28.8 Å². The summed E-state index contributed by atoms with van der Waals surface area (Å²) in [5.74, 6) is 1.12. The lowest BCUT2D eigenvalue weighted by atomic mass is 10.0. The highest BCUT2D eigenvalue weighted by atomic mass is 32.7. The number of fused-ring (bicyclic) bond motifs is 1. The molecule has 3 aromatic rings. The summed E-state index contributed by atoms with van der Waals surface area (Å²) in [5.41, 5.74) is 2.65. The van der Waals surface area contributed by atoms with E-state index in [2.05, 4.69) is 39.3 Å². The zero-order valence-electron chi connectivity index (χ0n) is 15.7. The van der Waals surface area contributed by atoms with Crippen LogP contribution in [0.25, 0.3) is 11.0 Å². The molecule has 1 unspecified atom stereocenters. The van der Waals surface area contributed by atoms with Gasteiger partial charge < -0.3 is 14.8 Å². The number of anilines is 1. The number of nitrogens with one attached hydrogen (secondary N) is 1. The monoisotopic (exact) mass is 411 g/mol. The lowest BCUT2D eigenvalue weighted by Crippen LogP contribution is -2.57. The van der Waals surface area contributed by atoms with Crippen molar-refractivity contribution in [3.63, 3.8) is 0 Å². The first-order valence-electron chi connectivity index (χ1n) is 9.44. The molecule has 6 nitrogen and oxygen atoms in total. The Hall–Kier alpha value is -2.11. The maximum absolute atomic E-state index is 13.4. The van der Waals surface area contributed by atoms with Gasteiger partial charge in [0.15, 0.2) is 0 Å². The van der Waals surface area contributed by atoms with Crippen LogP contribution >= 0.6 is 19.8 Å². The van der Waals surface area contributed by atoms with Gasteiger partial charge >= 0.3 is 0 Å². The third kappa shape index (κ3) is 2.88. The second-order valence-electron chi connectivity index (χ2n) is 7.63. The van der Waals surface area contributed by atoms with Crippen molar-refractivity contribution in [1.29, 1.82) is 0 Å². The standard InChI is InChI=1S/C20H22N5OPS/c1-13-10-14(28-27)2-3-15(13)19(26)25-9-8-24(11-20(25)5-6-20)18-16-4-7-21-17(16)22-12-23-18/h2-4,7,10,12H,5-6,8-9,11,27H2,1H3,(H,21,22,23). The third-order valence-electron chi connectivity index (χ3n) is 5.92. The molecule has 1 aliphatic heterocycles. The molecule has 8 heteroatoms. The Morgan fingerprint density at radius 3 is 2.86 bits per heavy atom. The Morgan fingerprint density at radius 2 is 2.11 bits per heavy atom. The highest BCUT2D eigenvalue weighted by Crippen LogP contribution is 2.46. The topological polar surface area (TPSA) is 65.1 Å². The maximum atomic E-state index is 13.4. The summed E-state index contributed by atoms with van der Waals surface area (Å²) < 4.78 is 0. The van der Waals surface area contributed by atoms with Gasteiger partial charge in [-0.15, -0.1) is 11.4 Å². The van der Waals surface area contributed by atoms with Gasteiger partial charge in [-0.05, 0) is 49.6 Å². The molecule has 1 saturated carbocycles. The number of rotatable bonds is 3. The predicted octanol–water partition coefficient (Wildman–Crippen LogP) is 3.64. The number of benzene rings is 1. The van der Waals surface area contributed by atoms with Crippen LogP contribution in [-0.4, -0.2) is 50.9 Å². The predicted molar refractivity (Wildman–Crippen MR) is 116 cm³/mol. The highest BCUT2D eigenvalue weighted by molar-refractivity contribution is 8.43. The lowest BCUT2D eigenvalue weighted by Gasteiger charge is -2.43. The Kier molecular flexibility index (Phi) is 4.33. The van der Waals surface area contributed by atoms with Gasteiger partial charge in [-0.2, -0.15) is 0 Å². The fourth-order valence-electron chi connectivity index (χ4n) is 4.25. The molecule has 144 valence electrons. The Balaban J connectivity index is 1.41. The van der Waals surface area contributed by atoms with Gasteiger partial charge in [0.2, 0.25) is 0 Å². The fourth-order valence-corrected chi connectivity index (χ4v) is 5.08. The molecule has 1 N–H and O–H groups in total. The number of nitrogens with zero attached hydrogens (tertiary/aromatic N) is 4. The molecule has 1 atom stereocenters. The van der Waals surface area contributed by atoms with Crippen LogP contribution < -0.4 is 4.90 Å². The lowest BCUT2D eigenvalue weighted by molar-refractivity contribution is 0.0623. The van der Waals surface area contributed by atoms with E-state index in [1.165, 1.54) is 0 Å². The summed E-state index contributed by atoms with van der Waals surface area (Å²) in [7, 11) is 2.66. The van der Waals surface area contributed by atoms with Crippen molar-refractivity contribution in [3.8, 4) is 0 Å². The first kappa shape index (κ1) is 18.0. The molecule has 2 aliphatic rings. The van der Waals surface area contributed by atoms with E-state index in [1.54, 1.807) is 17.7 Å². The number of hydrogen-bond acceptors (Lipinski definition) is 5. The minimum absolute atomic E-state index is 0.0661. The van der Waals surface area contributed by atoms with Crippen LogP contribution in [0.15, 0.2) is 41.7 Å². The van der Waals surface area contributed by atoms with Crippen molar-refractivity contribution in [2.24, 2.45) is 0 Å². The Bertz CT molecular complexity index is 1060. The van der Waals surface area contributed by atoms with Crippen molar-refractivity contribution in [2.75, 3.05) is 24.5 Å². The fraction of sp³-hybridized carbons (Fsp3) is 0.350. The zero-order valence-corrected chi connectivity index (χ0v) is 17.7. The molecule has 1 amide bonds. The number of carbonyl (C=O) groups is 1. The number of hydrogen-bond donors (Lipinski definition) is 1. The van der Waals surface area contributed by atoms with E-state index in [0.717, 1.165) is 58.8 Å². The third-order valence-corrected chi connectivity index (χ3v) is 7.26. The maximum Gasteiger partial charge on any atom is 0.254 e. The van der Waals surface area contributed by atoms with Gasteiger partial charge in [0.1, 0.15) is 17.8 Å². The molecule has 1 spiro atoms. The van der Waals surface area contributed by atoms with Crippen LogP contribution in [0.4, 0.5) is 5.82 Å². The average Bonchev–Trinajstić information content (AvgIpc) is 3.29. The molecule has 1 aliphatic carbocycles. The van der Waals surface area contributed by atoms with Crippen molar-refractivity contribution < 1.29 is 4.79 Å². The van der Waals surface area contributed by atoms with Crippen LogP contribution in [0.2, 0.25) is 0 Å². The van der Waals surface area contributed by atoms with Crippen LogP contribution in [0.3, 0.4) is 0 Å². The number of aryl methyl sites for hydroxylation is 1. The molecule has 2 fully saturated rings. The van der Waals surface area contributed by atoms with E-state index in [-0.39, 0.29) is 11.4 Å². The number of amides is 1. The van der Waals surface area contributed by atoms with E-state index in [4.69, 9.17) is 0 Å². The van der Waals surface area contributed by atoms with E-state index < -0.39 is 0 Å². The van der Waals surface area contributed by atoms with Gasteiger partial charge in [0.05, 0.1) is 10.9 Å². The second kappa shape index (κ2) is 6.75. The zero-order chi connectivity index (χ0) is 19.3. The molecule has 5 rings (SSSR count). The number of aromatic amines is 1. The number of carbonyl (C=O) groups excluding carboxylic acids is 1. The minimum Gasteiger partial charge on any atom is -0.352 e. The van der Waals surface area contributed by atoms with E-state index in [0.29, 0.717) is 6.54 Å². The smallest absolute Gasteiger partial charge is 0.254 e. The van der Waals surface area contributed by atoms with Gasteiger partial charge in [-0.3, -0.25) is 4.79 Å². The summed E-state index contributed by atoms with van der Waals surface area (Å²) >= 11 is 1.62. The van der Waals surface area contributed by atoms with Gasteiger partial charge in [-0.25, -0.2) is 9.97 Å². The first-order valence-corrected chi connectivity index (χ1v) is 11.7. The summed E-state index contributed by atoms with van der Waals surface area (Å²) in [6.45, 7) is 4.35. The molecule has 0 bridgehead atoms. The minimum atomic E-state index is -0.0661. The number of aromatic nitrogens is 3. The molecule has 1 aromatic carbocycles. The van der Waals surface area contributed by atoms with Crippen LogP contribution in [0, 0.1) is 6.92 Å².